The summed E-state index contributed by atoms with van der Waals surface area (Å²) in [5, 5.41) is 5.32. The molecule has 0 aromatic heterocycles. The van der Waals surface area contributed by atoms with Crippen molar-refractivity contribution in [1.29, 1.82) is 0 Å². The second kappa shape index (κ2) is 7.14. The largest absolute Gasteiger partial charge is 0.441 e. The first kappa shape index (κ1) is 16.7. The van der Waals surface area contributed by atoms with Gasteiger partial charge in [-0.1, -0.05) is 30.3 Å². The Labute approximate surface area is 139 Å². The molecule has 0 bridgehead atoms. The van der Waals surface area contributed by atoms with Crippen LogP contribution in [0.4, 0.5) is 9.18 Å². The summed E-state index contributed by atoms with van der Waals surface area (Å²) in [5.74, 6) is -0.217. The summed E-state index contributed by atoms with van der Waals surface area (Å²) in [6, 6.07) is 8.75. The first-order valence-electron chi connectivity index (χ1n) is 7.85. The Balaban J connectivity index is 1.89. The van der Waals surface area contributed by atoms with E-state index in [-0.39, 0.29) is 25.6 Å². The van der Waals surface area contributed by atoms with Gasteiger partial charge in [0.15, 0.2) is 6.30 Å². The number of carbonyl (C=O) groups is 2. The lowest BCUT2D eigenvalue weighted by atomic mass is 10.0. The number of alkyl halides is 1. The molecule has 7 nitrogen and oxygen atoms in total. The van der Waals surface area contributed by atoms with Gasteiger partial charge < -0.3 is 14.8 Å². The molecule has 2 heterocycles. The Hall–Kier alpha value is -2.19. The van der Waals surface area contributed by atoms with E-state index in [0.717, 1.165) is 5.56 Å². The maximum absolute atomic E-state index is 14.3. The van der Waals surface area contributed by atoms with Gasteiger partial charge in [0.05, 0.1) is 19.8 Å². The van der Waals surface area contributed by atoms with Crippen LogP contribution < -0.4 is 5.32 Å². The maximum atomic E-state index is 14.3. The fraction of sp³-hybridized carbons (Fsp3) is 0.500. The number of hydrazine groups is 1. The van der Waals surface area contributed by atoms with Crippen molar-refractivity contribution in [3.63, 3.8) is 0 Å². The number of ether oxygens (including phenoxy) is 2. The molecule has 0 saturated carbocycles. The Morgan fingerprint density at radius 3 is 2.79 bits per heavy atom. The number of benzene rings is 1. The first-order valence-corrected chi connectivity index (χ1v) is 7.85. The molecule has 2 aliphatic heterocycles. The summed E-state index contributed by atoms with van der Waals surface area (Å²) in [6.45, 7) is 2.06. The second-order valence-electron chi connectivity index (χ2n) is 5.73. The van der Waals surface area contributed by atoms with Gasteiger partial charge in [0.2, 0.25) is 5.91 Å². The van der Waals surface area contributed by atoms with E-state index in [1.54, 1.807) is 0 Å². The highest BCUT2D eigenvalue weighted by Crippen LogP contribution is 2.35. The molecule has 2 aliphatic rings. The number of cyclic esters (lactones) is 1. The van der Waals surface area contributed by atoms with Crippen molar-refractivity contribution in [3.8, 4) is 0 Å². The van der Waals surface area contributed by atoms with Crippen LogP contribution in [-0.4, -0.2) is 60.7 Å². The summed E-state index contributed by atoms with van der Waals surface area (Å²) in [4.78, 5) is 23.6. The third-order valence-electron chi connectivity index (χ3n) is 4.07. The van der Waals surface area contributed by atoms with Crippen molar-refractivity contribution in [2.24, 2.45) is 0 Å². The van der Waals surface area contributed by atoms with Crippen LogP contribution >= 0.6 is 0 Å². The van der Waals surface area contributed by atoms with Gasteiger partial charge in [0, 0.05) is 13.5 Å². The molecule has 2 unspecified atom stereocenters. The van der Waals surface area contributed by atoms with E-state index in [9.17, 15) is 14.0 Å². The maximum Gasteiger partial charge on any atom is 0.425 e. The van der Waals surface area contributed by atoms with Crippen molar-refractivity contribution in [3.05, 3.63) is 35.9 Å². The third-order valence-corrected chi connectivity index (χ3v) is 4.07. The van der Waals surface area contributed by atoms with Gasteiger partial charge in [-0.2, -0.15) is 5.01 Å². The molecule has 0 aliphatic carbocycles. The molecule has 2 amide bonds. The highest BCUT2D eigenvalue weighted by Gasteiger charge is 2.48. The topological polar surface area (TPSA) is 71.1 Å². The lowest BCUT2D eigenvalue weighted by molar-refractivity contribution is -0.156. The molecule has 130 valence electrons. The van der Waals surface area contributed by atoms with Crippen molar-refractivity contribution < 1.29 is 23.5 Å². The standard InChI is InChI=1S/C16H20FN3O4/c1-11(21)18-9-13-15(12-5-3-2-4-6-12)20(16(22)24-13)19-7-8-23-10-14(19)17/h2-6,13-15H,7-10H2,1H3,(H,18,21)/t13?,14?,15-/m0/s1. The van der Waals surface area contributed by atoms with Crippen molar-refractivity contribution in [2.45, 2.75) is 25.4 Å². The smallest absolute Gasteiger partial charge is 0.425 e. The highest BCUT2D eigenvalue weighted by atomic mass is 19.1. The van der Waals surface area contributed by atoms with Crippen LogP contribution in [0, 0.1) is 0 Å². The van der Waals surface area contributed by atoms with E-state index in [1.165, 1.54) is 16.9 Å². The average Bonchev–Trinajstić information content (AvgIpc) is 2.90. The van der Waals surface area contributed by atoms with Gasteiger partial charge in [-0.25, -0.2) is 14.2 Å². The number of hydrogen-bond acceptors (Lipinski definition) is 5. The van der Waals surface area contributed by atoms with E-state index < -0.39 is 24.5 Å². The molecule has 0 spiro atoms. The molecule has 1 aromatic carbocycles. The van der Waals surface area contributed by atoms with Crippen molar-refractivity contribution >= 4 is 12.0 Å². The SMILES string of the molecule is CC(=O)NCC1OC(=O)N(N2CCOCC2F)[C@H]1c1ccccc1. The highest BCUT2D eigenvalue weighted by molar-refractivity contribution is 5.73. The zero-order chi connectivity index (χ0) is 17.1. The number of nitrogens with zero attached hydrogens (tertiary/aromatic N) is 2. The van der Waals surface area contributed by atoms with E-state index in [4.69, 9.17) is 9.47 Å². The lowest BCUT2D eigenvalue weighted by Crippen LogP contribution is -2.54. The summed E-state index contributed by atoms with van der Waals surface area (Å²) in [5.41, 5.74) is 0.817. The molecule has 3 rings (SSSR count). The molecule has 1 N–H and O–H groups in total. The van der Waals surface area contributed by atoms with Crippen LogP contribution in [0.5, 0.6) is 0 Å². The molecule has 2 saturated heterocycles. The minimum absolute atomic E-state index is 0.0956. The van der Waals surface area contributed by atoms with Crippen LogP contribution in [0.2, 0.25) is 0 Å². The van der Waals surface area contributed by atoms with Gasteiger partial charge in [0.1, 0.15) is 12.1 Å². The summed E-state index contributed by atoms with van der Waals surface area (Å²) in [7, 11) is 0. The van der Waals surface area contributed by atoms with Crippen LogP contribution in [0.1, 0.15) is 18.5 Å². The van der Waals surface area contributed by atoms with Gasteiger partial charge in [-0.15, -0.1) is 0 Å². The van der Waals surface area contributed by atoms with Gasteiger partial charge in [-0.05, 0) is 5.56 Å². The Morgan fingerprint density at radius 2 is 2.12 bits per heavy atom. The minimum Gasteiger partial charge on any atom is -0.441 e. The zero-order valence-electron chi connectivity index (χ0n) is 13.4. The number of carbonyl (C=O) groups excluding carboxylic acids is 2. The number of halogens is 1. The number of hydrogen-bond donors (Lipinski definition) is 1. The lowest BCUT2D eigenvalue weighted by Gasteiger charge is -2.39. The molecular formula is C16H20FN3O4. The Bertz CT molecular complexity index is 600. The van der Waals surface area contributed by atoms with E-state index in [0.29, 0.717) is 6.61 Å². The minimum atomic E-state index is -1.42. The second-order valence-corrected chi connectivity index (χ2v) is 5.73. The van der Waals surface area contributed by atoms with Gasteiger partial charge >= 0.3 is 6.09 Å². The van der Waals surface area contributed by atoms with Crippen LogP contribution in [0.25, 0.3) is 0 Å². The van der Waals surface area contributed by atoms with Gasteiger partial charge in [0.25, 0.3) is 0 Å². The van der Waals surface area contributed by atoms with Gasteiger partial charge in [-0.3, -0.25) is 4.79 Å². The number of rotatable bonds is 4. The van der Waals surface area contributed by atoms with Crippen LogP contribution in [0.15, 0.2) is 30.3 Å². The number of nitrogens with one attached hydrogen (secondary N) is 1. The fourth-order valence-corrected chi connectivity index (χ4v) is 2.99. The Kier molecular flexibility index (Phi) is 4.96. The predicted octanol–water partition coefficient (Wildman–Crippen LogP) is 1.23. The molecule has 3 atom stereocenters. The molecule has 1 aromatic rings. The van der Waals surface area contributed by atoms with Crippen molar-refractivity contribution in [2.75, 3.05) is 26.3 Å². The number of morpholine rings is 1. The third kappa shape index (κ3) is 3.34. The average molecular weight is 337 g/mol. The monoisotopic (exact) mass is 337 g/mol. The summed E-state index contributed by atoms with van der Waals surface area (Å²) < 4.78 is 24.8. The zero-order valence-corrected chi connectivity index (χ0v) is 13.4. The molecule has 8 heteroatoms. The Morgan fingerprint density at radius 1 is 1.38 bits per heavy atom. The predicted molar refractivity (Wildman–Crippen MR) is 82.4 cm³/mol. The quantitative estimate of drug-likeness (QED) is 0.837. The summed E-state index contributed by atoms with van der Waals surface area (Å²) >= 11 is 0. The molecule has 0 radical (unpaired) electrons. The number of amides is 2. The molecule has 24 heavy (non-hydrogen) atoms. The van der Waals surface area contributed by atoms with Crippen LogP contribution in [0.3, 0.4) is 0 Å². The van der Waals surface area contributed by atoms with E-state index >= 15 is 0 Å². The fourth-order valence-electron chi connectivity index (χ4n) is 2.99. The van der Waals surface area contributed by atoms with Crippen molar-refractivity contribution in [1.82, 2.24) is 15.3 Å². The van der Waals surface area contributed by atoms with Crippen LogP contribution in [-0.2, 0) is 14.3 Å². The normalized spacial score (nSPS) is 27.8. The van der Waals surface area contributed by atoms with E-state index in [2.05, 4.69) is 5.32 Å². The molecule has 2 fully saturated rings. The summed E-state index contributed by atoms with van der Waals surface area (Å²) in [6.07, 6.45) is -2.64. The van der Waals surface area contributed by atoms with E-state index in [1.807, 2.05) is 30.3 Å². The first-order chi connectivity index (χ1) is 11.6. The molecular weight excluding hydrogens is 317 g/mol.